The second-order valence-corrected chi connectivity index (χ2v) is 7.74. The van der Waals surface area contributed by atoms with Crippen molar-refractivity contribution in [1.29, 1.82) is 0 Å². The summed E-state index contributed by atoms with van der Waals surface area (Å²) in [6, 6.07) is 0. The number of hydrogen-bond acceptors (Lipinski definition) is 2. The minimum Gasteiger partial charge on any atom is -0.144 e. The summed E-state index contributed by atoms with van der Waals surface area (Å²) in [5, 5.41) is 0. The first-order chi connectivity index (χ1) is 7.25. The molecule has 0 unspecified atom stereocenters. The Labute approximate surface area is 104 Å². The van der Waals surface area contributed by atoms with Crippen molar-refractivity contribution in [3.05, 3.63) is 0 Å². The molecule has 0 nitrogen and oxygen atoms in total. The van der Waals surface area contributed by atoms with Crippen LogP contribution in [-0.2, 0) is 0 Å². The molecule has 0 bridgehead atoms. The maximum absolute atomic E-state index is 2.46. The molecule has 1 rings (SSSR count). The molecule has 0 aromatic heterocycles. The van der Waals surface area contributed by atoms with E-state index in [2.05, 4.69) is 44.3 Å². The van der Waals surface area contributed by atoms with Crippen LogP contribution in [0.3, 0.4) is 0 Å². The molecule has 0 saturated carbocycles. The van der Waals surface area contributed by atoms with Gasteiger partial charge in [-0.15, -0.1) is 23.5 Å². The Morgan fingerprint density at radius 3 is 2.33 bits per heavy atom. The Morgan fingerprint density at radius 2 is 1.80 bits per heavy atom. The van der Waals surface area contributed by atoms with Gasteiger partial charge in [0, 0.05) is 0 Å². The van der Waals surface area contributed by atoms with Crippen molar-refractivity contribution in [2.75, 3.05) is 11.5 Å². The van der Waals surface area contributed by atoms with Crippen LogP contribution >= 0.6 is 23.5 Å². The van der Waals surface area contributed by atoms with E-state index < -0.39 is 0 Å². The van der Waals surface area contributed by atoms with Gasteiger partial charge >= 0.3 is 0 Å². The monoisotopic (exact) mass is 246 g/mol. The van der Waals surface area contributed by atoms with Crippen molar-refractivity contribution >= 4 is 23.5 Å². The van der Waals surface area contributed by atoms with Gasteiger partial charge in [-0.3, -0.25) is 0 Å². The lowest BCUT2D eigenvalue weighted by molar-refractivity contribution is 0.459. The molecule has 2 heteroatoms. The van der Waals surface area contributed by atoms with Crippen molar-refractivity contribution in [2.45, 2.75) is 63.4 Å². The zero-order valence-electron chi connectivity index (χ0n) is 10.6. The maximum atomic E-state index is 2.46. The highest BCUT2D eigenvalue weighted by atomic mass is 32.2. The molecule has 1 aliphatic heterocycles. The molecule has 0 amide bonds. The minimum atomic E-state index is 0.572. The van der Waals surface area contributed by atoms with Gasteiger partial charge in [-0.2, -0.15) is 0 Å². The van der Waals surface area contributed by atoms with Gasteiger partial charge in [-0.05, 0) is 30.3 Å². The molecule has 0 aromatic carbocycles. The van der Waals surface area contributed by atoms with Crippen molar-refractivity contribution in [3.63, 3.8) is 0 Å². The third-order valence-electron chi connectivity index (χ3n) is 3.47. The predicted molar refractivity (Wildman–Crippen MR) is 75.9 cm³/mol. The lowest BCUT2D eigenvalue weighted by Gasteiger charge is -2.41. The van der Waals surface area contributed by atoms with Gasteiger partial charge < -0.3 is 0 Å². The number of unbranched alkanes of at least 4 members (excludes halogenated alkanes) is 2. The maximum Gasteiger partial charge on any atom is 0.0636 e. The summed E-state index contributed by atoms with van der Waals surface area (Å²) in [7, 11) is 0. The van der Waals surface area contributed by atoms with Crippen molar-refractivity contribution in [3.8, 4) is 0 Å². The van der Waals surface area contributed by atoms with Gasteiger partial charge in [0.2, 0.25) is 0 Å². The smallest absolute Gasteiger partial charge is 0.0636 e. The van der Waals surface area contributed by atoms with Crippen LogP contribution in [0.1, 0.15) is 59.3 Å². The van der Waals surface area contributed by atoms with Crippen LogP contribution in [0, 0.1) is 5.92 Å². The Balaban J connectivity index is 2.50. The van der Waals surface area contributed by atoms with Gasteiger partial charge in [0.15, 0.2) is 0 Å². The molecule has 1 fully saturated rings. The second kappa shape index (κ2) is 7.11. The lowest BCUT2D eigenvalue weighted by Crippen LogP contribution is -2.32. The molecule has 15 heavy (non-hydrogen) atoms. The number of thioether (sulfide) groups is 2. The van der Waals surface area contributed by atoms with Crippen molar-refractivity contribution < 1.29 is 0 Å². The molecule has 1 atom stereocenters. The Kier molecular flexibility index (Phi) is 6.52. The summed E-state index contributed by atoms with van der Waals surface area (Å²) >= 11 is 4.51. The molecular formula is C13H26S2. The summed E-state index contributed by atoms with van der Waals surface area (Å²) < 4.78 is 0.572. The molecule has 0 N–H and O–H groups in total. The highest BCUT2D eigenvalue weighted by Gasteiger charge is 2.37. The Hall–Kier alpha value is 0.700. The summed E-state index contributed by atoms with van der Waals surface area (Å²) in [6.07, 6.45) is 8.39. The van der Waals surface area contributed by atoms with Gasteiger partial charge in [0.1, 0.15) is 0 Å². The lowest BCUT2D eigenvalue weighted by atomic mass is 9.99. The SMILES string of the molecule is CCCCCC1([C@H](C)CC)SCCCS1. The normalized spacial score (nSPS) is 22.6. The minimum absolute atomic E-state index is 0.572. The first kappa shape index (κ1) is 13.8. The highest BCUT2D eigenvalue weighted by molar-refractivity contribution is 8.18. The summed E-state index contributed by atoms with van der Waals surface area (Å²) in [4.78, 5) is 0. The topological polar surface area (TPSA) is 0 Å². The predicted octanol–water partition coefficient (Wildman–Crippen LogP) is 5.18. The zero-order chi connectivity index (χ0) is 11.1. The molecule has 0 spiro atoms. The van der Waals surface area contributed by atoms with E-state index in [1.807, 2.05) is 0 Å². The van der Waals surface area contributed by atoms with Gasteiger partial charge in [-0.25, -0.2) is 0 Å². The van der Waals surface area contributed by atoms with E-state index in [0.29, 0.717) is 4.08 Å². The van der Waals surface area contributed by atoms with E-state index in [0.717, 1.165) is 5.92 Å². The summed E-state index contributed by atoms with van der Waals surface area (Å²) in [5.41, 5.74) is 0. The van der Waals surface area contributed by atoms with Crippen LogP contribution in [0.25, 0.3) is 0 Å². The van der Waals surface area contributed by atoms with Crippen LogP contribution in [0.5, 0.6) is 0 Å². The van der Waals surface area contributed by atoms with E-state index in [-0.39, 0.29) is 0 Å². The van der Waals surface area contributed by atoms with Gasteiger partial charge in [0.25, 0.3) is 0 Å². The first-order valence-electron chi connectivity index (χ1n) is 6.53. The molecule has 1 saturated heterocycles. The molecule has 1 aliphatic rings. The zero-order valence-corrected chi connectivity index (χ0v) is 12.2. The van der Waals surface area contributed by atoms with Crippen LogP contribution in [0.4, 0.5) is 0 Å². The quantitative estimate of drug-likeness (QED) is 0.592. The van der Waals surface area contributed by atoms with Crippen LogP contribution in [0.2, 0.25) is 0 Å². The van der Waals surface area contributed by atoms with Crippen LogP contribution < -0.4 is 0 Å². The standard InChI is InChI=1S/C13H26S2/c1-4-6-7-9-13(12(3)5-2)14-10-8-11-15-13/h12H,4-11H2,1-3H3/t12-/m1/s1. The highest BCUT2D eigenvalue weighted by Crippen LogP contribution is 2.51. The molecule has 0 aliphatic carbocycles. The number of rotatable bonds is 6. The molecule has 0 radical (unpaired) electrons. The fourth-order valence-corrected chi connectivity index (χ4v) is 5.96. The molecule has 0 aromatic rings. The first-order valence-corrected chi connectivity index (χ1v) is 8.50. The van der Waals surface area contributed by atoms with Crippen LogP contribution in [0.15, 0.2) is 0 Å². The molecule has 1 heterocycles. The average molecular weight is 246 g/mol. The van der Waals surface area contributed by atoms with E-state index in [1.54, 1.807) is 0 Å². The fraction of sp³-hybridized carbons (Fsp3) is 1.00. The van der Waals surface area contributed by atoms with E-state index >= 15 is 0 Å². The van der Waals surface area contributed by atoms with Gasteiger partial charge in [0.05, 0.1) is 4.08 Å². The van der Waals surface area contributed by atoms with Crippen LogP contribution in [-0.4, -0.2) is 15.6 Å². The average Bonchev–Trinajstić information content (AvgIpc) is 2.29. The molecular weight excluding hydrogens is 220 g/mol. The van der Waals surface area contributed by atoms with E-state index in [9.17, 15) is 0 Å². The third-order valence-corrected chi connectivity index (χ3v) is 7.36. The van der Waals surface area contributed by atoms with Crippen molar-refractivity contribution in [2.24, 2.45) is 5.92 Å². The largest absolute Gasteiger partial charge is 0.144 e. The van der Waals surface area contributed by atoms with Crippen molar-refractivity contribution in [1.82, 2.24) is 0 Å². The Bertz CT molecular complexity index is 162. The van der Waals surface area contributed by atoms with E-state index in [4.69, 9.17) is 0 Å². The van der Waals surface area contributed by atoms with E-state index in [1.165, 1.54) is 50.0 Å². The fourth-order valence-electron chi connectivity index (χ4n) is 2.20. The van der Waals surface area contributed by atoms with Gasteiger partial charge in [-0.1, -0.05) is 46.5 Å². The number of hydrogen-bond donors (Lipinski definition) is 0. The Morgan fingerprint density at radius 1 is 1.13 bits per heavy atom. The molecule has 90 valence electrons. The summed E-state index contributed by atoms with van der Waals surface area (Å²) in [6.45, 7) is 7.11. The second-order valence-electron chi connectivity index (χ2n) is 4.63. The summed E-state index contributed by atoms with van der Waals surface area (Å²) in [5.74, 6) is 3.66. The third kappa shape index (κ3) is 3.89.